The average Bonchev–Trinajstić information content (AvgIpc) is 3.49. The standard InChI is InChI=1S/C26H42N4O4/c1-5-30-22(6-13-27-30)26-10-7-25(8-11-26,9-12-26)21(16-31)28-23(33)20-14-19(32)15-29(20)24(34)18(4)17(2)3/h6,13,17-21,31-32H,5,7-12,14-16H2,1-4H3,(H,28,33). The fraction of sp³-hybridized carbons (Fsp3) is 0.808. The number of hydrogen-bond acceptors (Lipinski definition) is 5. The van der Waals surface area contributed by atoms with Crippen molar-refractivity contribution in [3.05, 3.63) is 18.0 Å². The maximum Gasteiger partial charge on any atom is 0.243 e. The van der Waals surface area contributed by atoms with Crippen LogP contribution in [0.3, 0.4) is 0 Å². The Kier molecular flexibility index (Phi) is 7.11. The van der Waals surface area contributed by atoms with E-state index in [2.05, 4.69) is 28.1 Å². The molecule has 2 bridgehead atoms. The van der Waals surface area contributed by atoms with E-state index < -0.39 is 12.1 Å². The second kappa shape index (κ2) is 9.61. The summed E-state index contributed by atoms with van der Waals surface area (Å²) in [6.07, 6.45) is 7.40. The van der Waals surface area contributed by atoms with E-state index in [9.17, 15) is 19.8 Å². The second-order valence-electron chi connectivity index (χ2n) is 11.3. The first-order valence-corrected chi connectivity index (χ1v) is 13.1. The molecule has 3 saturated carbocycles. The number of carbonyl (C=O) groups excluding carboxylic acids is 2. The van der Waals surface area contributed by atoms with Crippen LogP contribution in [0.25, 0.3) is 0 Å². The molecular formula is C26H42N4O4. The number of β-amino-alcohol motifs (C(OH)–C–C–N with tert-alkyl or cyclic N) is 1. The normalized spacial score (nSPS) is 32.7. The van der Waals surface area contributed by atoms with E-state index in [1.165, 1.54) is 5.69 Å². The van der Waals surface area contributed by atoms with Crippen LogP contribution in [0.15, 0.2) is 12.3 Å². The number of aliphatic hydroxyl groups is 2. The quantitative estimate of drug-likeness (QED) is 0.536. The predicted octanol–water partition coefficient (Wildman–Crippen LogP) is 2.23. The van der Waals surface area contributed by atoms with Crippen LogP contribution in [-0.4, -0.2) is 68.0 Å². The van der Waals surface area contributed by atoms with Crippen LogP contribution in [0.1, 0.15) is 78.3 Å². The van der Waals surface area contributed by atoms with E-state index in [0.717, 1.165) is 45.1 Å². The highest BCUT2D eigenvalue weighted by molar-refractivity contribution is 5.89. The van der Waals surface area contributed by atoms with Crippen molar-refractivity contribution >= 4 is 11.8 Å². The molecular weight excluding hydrogens is 432 g/mol. The smallest absolute Gasteiger partial charge is 0.243 e. The van der Waals surface area contributed by atoms with Crippen LogP contribution in [-0.2, 0) is 21.5 Å². The fourth-order valence-corrected chi connectivity index (χ4v) is 6.67. The number of aryl methyl sites for hydroxylation is 1. The topological polar surface area (TPSA) is 108 Å². The number of likely N-dealkylation sites (tertiary alicyclic amines) is 1. The Morgan fingerprint density at radius 1 is 1.18 bits per heavy atom. The molecule has 1 saturated heterocycles. The Bertz CT molecular complexity index is 873. The third kappa shape index (κ3) is 4.28. The summed E-state index contributed by atoms with van der Waals surface area (Å²) in [7, 11) is 0. The lowest BCUT2D eigenvalue weighted by Crippen LogP contribution is -2.59. The Hall–Kier alpha value is -1.93. The number of fused-ring (bicyclic) bond motifs is 3. The molecule has 5 rings (SSSR count). The third-order valence-corrected chi connectivity index (χ3v) is 9.36. The van der Waals surface area contributed by atoms with Gasteiger partial charge in [-0.2, -0.15) is 5.10 Å². The highest BCUT2D eigenvalue weighted by Crippen LogP contribution is 2.59. The largest absolute Gasteiger partial charge is 0.394 e. The van der Waals surface area contributed by atoms with Crippen molar-refractivity contribution in [3.8, 4) is 0 Å². The van der Waals surface area contributed by atoms with E-state index >= 15 is 0 Å². The fourth-order valence-electron chi connectivity index (χ4n) is 6.67. The van der Waals surface area contributed by atoms with Crippen LogP contribution in [0.4, 0.5) is 0 Å². The number of rotatable bonds is 8. The number of aliphatic hydroxyl groups excluding tert-OH is 2. The molecule has 8 heteroatoms. The molecule has 0 aromatic carbocycles. The van der Waals surface area contributed by atoms with Gasteiger partial charge in [0.15, 0.2) is 0 Å². The molecule has 2 heterocycles. The highest BCUT2D eigenvalue weighted by Gasteiger charge is 2.54. The number of nitrogens with zero attached hydrogens (tertiary/aromatic N) is 3. The number of aromatic nitrogens is 2. The lowest BCUT2D eigenvalue weighted by Gasteiger charge is -2.56. The molecule has 1 aliphatic heterocycles. The second-order valence-corrected chi connectivity index (χ2v) is 11.3. The summed E-state index contributed by atoms with van der Waals surface area (Å²) in [5.41, 5.74) is 1.34. The summed E-state index contributed by atoms with van der Waals surface area (Å²) >= 11 is 0. The summed E-state index contributed by atoms with van der Waals surface area (Å²) in [4.78, 5) is 27.9. The van der Waals surface area contributed by atoms with Gasteiger partial charge in [0, 0.05) is 42.7 Å². The summed E-state index contributed by atoms with van der Waals surface area (Å²) < 4.78 is 2.11. The maximum absolute atomic E-state index is 13.4. The van der Waals surface area contributed by atoms with E-state index in [0.29, 0.717) is 0 Å². The van der Waals surface area contributed by atoms with Crippen LogP contribution < -0.4 is 5.32 Å². The van der Waals surface area contributed by atoms with Gasteiger partial charge >= 0.3 is 0 Å². The Morgan fingerprint density at radius 3 is 2.38 bits per heavy atom. The Labute approximate surface area is 203 Å². The average molecular weight is 475 g/mol. The van der Waals surface area contributed by atoms with Crippen LogP contribution >= 0.6 is 0 Å². The van der Waals surface area contributed by atoms with Crippen molar-refractivity contribution in [2.45, 2.75) is 103 Å². The molecule has 0 spiro atoms. The maximum atomic E-state index is 13.4. The first-order chi connectivity index (χ1) is 16.2. The highest BCUT2D eigenvalue weighted by atomic mass is 16.3. The van der Waals surface area contributed by atoms with Gasteiger partial charge in [-0.05, 0) is 62.8 Å². The van der Waals surface area contributed by atoms with E-state index in [-0.39, 0.29) is 60.1 Å². The Morgan fingerprint density at radius 2 is 1.82 bits per heavy atom. The minimum absolute atomic E-state index is 0.0851. The van der Waals surface area contributed by atoms with Gasteiger partial charge in [-0.1, -0.05) is 20.8 Å². The number of hydrogen-bond donors (Lipinski definition) is 3. The summed E-state index contributed by atoms with van der Waals surface area (Å²) in [5.74, 6) is -0.389. The molecule has 8 nitrogen and oxygen atoms in total. The SMILES string of the molecule is CCn1nccc1C12CCC(C(CO)NC(=O)C3CC(O)CN3C(=O)C(C)C(C)C)(CC1)CC2. The zero-order valence-corrected chi connectivity index (χ0v) is 21.2. The van der Waals surface area contributed by atoms with Gasteiger partial charge in [0.2, 0.25) is 11.8 Å². The lowest BCUT2D eigenvalue weighted by molar-refractivity contribution is -0.143. The van der Waals surface area contributed by atoms with Gasteiger partial charge in [-0.3, -0.25) is 14.3 Å². The molecule has 0 radical (unpaired) electrons. The predicted molar refractivity (Wildman–Crippen MR) is 129 cm³/mol. The summed E-state index contributed by atoms with van der Waals surface area (Å²) in [6, 6.07) is 1.13. The minimum atomic E-state index is -0.696. The van der Waals surface area contributed by atoms with Gasteiger partial charge in [0.25, 0.3) is 0 Å². The first-order valence-electron chi connectivity index (χ1n) is 13.1. The molecule has 4 aliphatic rings. The van der Waals surface area contributed by atoms with E-state index in [1.807, 2.05) is 27.0 Å². The number of amides is 2. The van der Waals surface area contributed by atoms with Gasteiger partial charge in [-0.25, -0.2) is 0 Å². The molecule has 2 amide bonds. The van der Waals surface area contributed by atoms with Crippen molar-refractivity contribution in [2.75, 3.05) is 13.2 Å². The Balaban J connectivity index is 1.45. The van der Waals surface area contributed by atoms with E-state index in [1.54, 1.807) is 4.90 Å². The van der Waals surface area contributed by atoms with Crippen LogP contribution in [0.2, 0.25) is 0 Å². The molecule has 34 heavy (non-hydrogen) atoms. The van der Waals surface area contributed by atoms with Crippen molar-refractivity contribution < 1.29 is 19.8 Å². The molecule has 190 valence electrons. The van der Waals surface area contributed by atoms with Crippen molar-refractivity contribution in [3.63, 3.8) is 0 Å². The summed E-state index contributed by atoms with van der Waals surface area (Å²) in [6.45, 7) is 8.92. The lowest BCUT2D eigenvalue weighted by atomic mass is 9.50. The molecule has 3 N–H and O–H groups in total. The van der Waals surface area contributed by atoms with Crippen LogP contribution in [0, 0.1) is 17.3 Å². The van der Waals surface area contributed by atoms with Crippen molar-refractivity contribution in [1.82, 2.24) is 20.0 Å². The zero-order valence-electron chi connectivity index (χ0n) is 21.2. The van der Waals surface area contributed by atoms with Gasteiger partial charge in [0.1, 0.15) is 6.04 Å². The molecule has 4 fully saturated rings. The molecule has 1 aromatic heterocycles. The number of carbonyl (C=O) groups is 2. The van der Waals surface area contributed by atoms with Crippen molar-refractivity contribution in [2.24, 2.45) is 17.3 Å². The molecule has 4 unspecified atom stereocenters. The first kappa shape index (κ1) is 25.2. The monoisotopic (exact) mass is 474 g/mol. The molecule has 4 atom stereocenters. The molecule has 3 aliphatic carbocycles. The van der Waals surface area contributed by atoms with Crippen molar-refractivity contribution in [1.29, 1.82) is 0 Å². The summed E-state index contributed by atoms with van der Waals surface area (Å²) in [5, 5.41) is 28.2. The van der Waals surface area contributed by atoms with Crippen LogP contribution in [0.5, 0.6) is 0 Å². The van der Waals surface area contributed by atoms with Gasteiger partial charge < -0.3 is 20.4 Å². The third-order valence-electron chi connectivity index (χ3n) is 9.36. The van der Waals surface area contributed by atoms with E-state index in [4.69, 9.17) is 0 Å². The minimum Gasteiger partial charge on any atom is -0.394 e. The zero-order chi connectivity index (χ0) is 24.7. The number of nitrogens with one attached hydrogen (secondary N) is 1. The molecule has 1 aromatic rings. The van der Waals surface area contributed by atoms with Gasteiger partial charge in [-0.15, -0.1) is 0 Å². The van der Waals surface area contributed by atoms with Gasteiger partial charge in [0.05, 0.1) is 18.8 Å².